The van der Waals surface area contributed by atoms with Crippen LogP contribution in [0.15, 0.2) is 24.4 Å². The molecule has 0 bridgehead atoms. The van der Waals surface area contributed by atoms with Crippen LogP contribution in [0.1, 0.15) is 34.1 Å². The Bertz CT molecular complexity index is 647. The van der Waals surface area contributed by atoms with Gasteiger partial charge in [-0.15, -0.1) is 0 Å². The number of esters is 1. The summed E-state index contributed by atoms with van der Waals surface area (Å²) in [5.74, 6) is 0.441. The average Bonchev–Trinajstić information content (AvgIpc) is 2.82. The first-order valence-electron chi connectivity index (χ1n) is 6.91. The molecule has 0 saturated carbocycles. The maximum atomic E-state index is 11.9. The Morgan fingerprint density at radius 3 is 2.81 bits per heavy atom. The van der Waals surface area contributed by atoms with Crippen molar-refractivity contribution in [2.75, 3.05) is 6.61 Å². The van der Waals surface area contributed by atoms with Gasteiger partial charge in [0, 0.05) is 7.05 Å². The molecule has 21 heavy (non-hydrogen) atoms. The van der Waals surface area contributed by atoms with Crippen LogP contribution in [0.3, 0.4) is 0 Å². The number of ether oxygens (including phenoxy) is 2. The third kappa shape index (κ3) is 3.24. The van der Waals surface area contributed by atoms with Crippen LogP contribution in [0.5, 0.6) is 5.75 Å². The number of hydrogen-bond donors (Lipinski definition) is 0. The van der Waals surface area contributed by atoms with Crippen molar-refractivity contribution in [3.8, 4) is 5.75 Å². The number of benzene rings is 1. The number of aryl methyl sites for hydroxylation is 2. The van der Waals surface area contributed by atoms with E-state index in [4.69, 9.17) is 9.47 Å². The van der Waals surface area contributed by atoms with Crippen LogP contribution in [0.25, 0.3) is 0 Å². The van der Waals surface area contributed by atoms with Gasteiger partial charge in [-0.3, -0.25) is 4.68 Å². The number of carbonyl (C=O) groups excluding carboxylic acids is 1. The van der Waals surface area contributed by atoms with Gasteiger partial charge in [-0.05, 0) is 38.0 Å². The van der Waals surface area contributed by atoms with Gasteiger partial charge in [0.25, 0.3) is 0 Å². The fourth-order valence-electron chi connectivity index (χ4n) is 2.04. The van der Waals surface area contributed by atoms with Gasteiger partial charge in [-0.1, -0.05) is 12.1 Å². The standard InChI is InChI=1S/C16H20N2O3/c1-5-20-16(19)13-9-17-18(4)14(13)10-21-15-8-6-7-11(2)12(15)3/h6-9H,5,10H2,1-4H3. The maximum Gasteiger partial charge on any atom is 0.341 e. The number of aromatic nitrogens is 2. The van der Waals surface area contributed by atoms with Crippen molar-refractivity contribution in [3.05, 3.63) is 46.8 Å². The predicted molar refractivity (Wildman–Crippen MR) is 79.4 cm³/mol. The van der Waals surface area contributed by atoms with Crippen LogP contribution in [-0.4, -0.2) is 22.4 Å². The van der Waals surface area contributed by atoms with Gasteiger partial charge in [0.15, 0.2) is 0 Å². The van der Waals surface area contributed by atoms with E-state index < -0.39 is 0 Å². The van der Waals surface area contributed by atoms with Crippen LogP contribution in [-0.2, 0) is 18.4 Å². The zero-order valence-corrected chi connectivity index (χ0v) is 12.8. The molecule has 2 rings (SSSR count). The average molecular weight is 288 g/mol. The lowest BCUT2D eigenvalue weighted by molar-refractivity contribution is 0.0523. The summed E-state index contributed by atoms with van der Waals surface area (Å²) in [5, 5.41) is 4.11. The molecule has 0 fully saturated rings. The summed E-state index contributed by atoms with van der Waals surface area (Å²) >= 11 is 0. The Kier molecular flexibility index (Phi) is 4.62. The van der Waals surface area contributed by atoms with Gasteiger partial charge >= 0.3 is 5.97 Å². The van der Waals surface area contributed by atoms with Crippen molar-refractivity contribution in [3.63, 3.8) is 0 Å². The molecule has 1 heterocycles. The molecule has 1 aromatic heterocycles. The molecule has 0 saturated heterocycles. The molecule has 0 atom stereocenters. The van der Waals surface area contributed by atoms with Gasteiger partial charge in [-0.25, -0.2) is 4.79 Å². The molecule has 5 heteroatoms. The molecule has 0 N–H and O–H groups in total. The molecule has 0 spiro atoms. The fraction of sp³-hybridized carbons (Fsp3) is 0.375. The van der Waals surface area contributed by atoms with Crippen molar-refractivity contribution in [2.45, 2.75) is 27.4 Å². The van der Waals surface area contributed by atoms with E-state index in [-0.39, 0.29) is 12.6 Å². The van der Waals surface area contributed by atoms with Gasteiger partial charge in [0.2, 0.25) is 0 Å². The van der Waals surface area contributed by atoms with E-state index in [1.807, 2.05) is 32.0 Å². The summed E-state index contributed by atoms with van der Waals surface area (Å²) in [7, 11) is 1.78. The molecule has 5 nitrogen and oxygen atoms in total. The minimum Gasteiger partial charge on any atom is -0.487 e. The Balaban J connectivity index is 2.18. The molecule has 0 unspecified atom stereocenters. The molecule has 0 radical (unpaired) electrons. The number of hydrogen-bond acceptors (Lipinski definition) is 4. The molecular weight excluding hydrogens is 268 g/mol. The summed E-state index contributed by atoms with van der Waals surface area (Å²) in [6, 6.07) is 5.91. The maximum absolute atomic E-state index is 11.9. The Morgan fingerprint density at radius 1 is 1.33 bits per heavy atom. The van der Waals surface area contributed by atoms with Crippen molar-refractivity contribution < 1.29 is 14.3 Å². The monoisotopic (exact) mass is 288 g/mol. The van der Waals surface area contributed by atoms with Crippen LogP contribution >= 0.6 is 0 Å². The van der Waals surface area contributed by atoms with Crippen molar-refractivity contribution in [1.29, 1.82) is 0 Å². The van der Waals surface area contributed by atoms with Crippen LogP contribution in [0, 0.1) is 13.8 Å². The Labute approximate surface area is 124 Å². The van der Waals surface area contributed by atoms with Gasteiger partial charge in [0.1, 0.15) is 17.9 Å². The largest absolute Gasteiger partial charge is 0.487 e. The minimum absolute atomic E-state index is 0.273. The van der Waals surface area contributed by atoms with Crippen molar-refractivity contribution in [1.82, 2.24) is 9.78 Å². The van der Waals surface area contributed by atoms with Crippen LogP contribution in [0.2, 0.25) is 0 Å². The van der Waals surface area contributed by atoms with E-state index in [1.165, 1.54) is 11.8 Å². The topological polar surface area (TPSA) is 53.3 Å². The van der Waals surface area contributed by atoms with Crippen molar-refractivity contribution >= 4 is 5.97 Å². The summed E-state index contributed by atoms with van der Waals surface area (Å²) in [6.45, 7) is 6.44. The fourth-order valence-corrected chi connectivity index (χ4v) is 2.04. The molecule has 0 aliphatic rings. The van der Waals surface area contributed by atoms with E-state index in [0.29, 0.717) is 17.9 Å². The Morgan fingerprint density at radius 2 is 2.10 bits per heavy atom. The highest BCUT2D eigenvalue weighted by atomic mass is 16.5. The van der Waals surface area contributed by atoms with Crippen LogP contribution < -0.4 is 4.74 Å². The number of carbonyl (C=O) groups is 1. The van der Waals surface area contributed by atoms with E-state index in [2.05, 4.69) is 5.10 Å². The van der Waals surface area contributed by atoms with Gasteiger partial charge < -0.3 is 9.47 Å². The first-order chi connectivity index (χ1) is 10.0. The SMILES string of the molecule is CCOC(=O)c1cnn(C)c1COc1cccc(C)c1C. The molecule has 2 aromatic rings. The number of nitrogens with zero attached hydrogens (tertiary/aromatic N) is 2. The predicted octanol–water partition coefficient (Wildman–Crippen LogP) is 2.79. The zero-order chi connectivity index (χ0) is 15.4. The Hall–Kier alpha value is -2.30. The quantitative estimate of drug-likeness (QED) is 0.794. The second kappa shape index (κ2) is 6.43. The van der Waals surface area contributed by atoms with E-state index in [0.717, 1.165) is 11.3 Å². The first-order valence-corrected chi connectivity index (χ1v) is 6.91. The highest BCUT2D eigenvalue weighted by Crippen LogP contribution is 2.22. The highest BCUT2D eigenvalue weighted by Gasteiger charge is 2.18. The van der Waals surface area contributed by atoms with Gasteiger partial charge in [-0.2, -0.15) is 5.10 Å². The van der Waals surface area contributed by atoms with Crippen molar-refractivity contribution in [2.24, 2.45) is 7.05 Å². The summed E-state index contributed by atoms with van der Waals surface area (Å²) < 4.78 is 12.5. The lowest BCUT2D eigenvalue weighted by Gasteiger charge is -2.12. The number of rotatable bonds is 5. The lowest BCUT2D eigenvalue weighted by Crippen LogP contribution is -2.11. The normalized spacial score (nSPS) is 10.5. The molecule has 1 aromatic carbocycles. The molecule has 0 aliphatic heterocycles. The summed E-state index contributed by atoms with van der Waals surface area (Å²) in [6.07, 6.45) is 1.51. The molecular formula is C16H20N2O3. The second-order valence-corrected chi connectivity index (χ2v) is 4.84. The highest BCUT2D eigenvalue weighted by molar-refractivity contribution is 5.90. The second-order valence-electron chi connectivity index (χ2n) is 4.84. The van der Waals surface area contributed by atoms with E-state index in [1.54, 1.807) is 18.7 Å². The minimum atomic E-state index is -0.370. The smallest absolute Gasteiger partial charge is 0.341 e. The van der Waals surface area contributed by atoms with Gasteiger partial charge in [0.05, 0.1) is 18.5 Å². The molecule has 0 amide bonds. The first kappa shape index (κ1) is 15.1. The summed E-state index contributed by atoms with van der Waals surface area (Å²) in [5.41, 5.74) is 3.42. The van der Waals surface area contributed by atoms with E-state index in [9.17, 15) is 4.79 Å². The molecule has 112 valence electrons. The summed E-state index contributed by atoms with van der Waals surface area (Å²) in [4.78, 5) is 11.9. The zero-order valence-electron chi connectivity index (χ0n) is 12.8. The van der Waals surface area contributed by atoms with Crippen LogP contribution in [0.4, 0.5) is 0 Å². The third-order valence-corrected chi connectivity index (χ3v) is 3.48. The molecule has 0 aliphatic carbocycles. The lowest BCUT2D eigenvalue weighted by atomic mass is 10.1. The third-order valence-electron chi connectivity index (χ3n) is 3.48. The van der Waals surface area contributed by atoms with E-state index >= 15 is 0 Å².